The number of hydrogen-bond acceptors (Lipinski definition) is 5. The summed E-state index contributed by atoms with van der Waals surface area (Å²) in [5.41, 5.74) is 7.19. The lowest BCUT2D eigenvalue weighted by Crippen LogP contribution is -2.09. The van der Waals surface area contributed by atoms with E-state index in [0.29, 0.717) is 17.3 Å². The van der Waals surface area contributed by atoms with Crippen molar-refractivity contribution in [3.8, 4) is 0 Å². The van der Waals surface area contributed by atoms with Crippen LogP contribution in [0.25, 0.3) is 0 Å². The first-order valence-electron chi connectivity index (χ1n) is 6.57. The maximum absolute atomic E-state index is 12.9. The van der Waals surface area contributed by atoms with E-state index in [9.17, 15) is 4.39 Å². The Bertz CT molecular complexity index is 556. The Morgan fingerprint density at radius 2 is 1.85 bits per heavy atom. The molecule has 0 bridgehead atoms. The van der Waals surface area contributed by atoms with Gasteiger partial charge in [-0.15, -0.1) is 0 Å². The molecule has 0 radical (unpaired) electrons. The molecule has 0 aliphatic heterocycles. The van der Waals surface area contributed by atoms with E-state index in [0.717, 1.165) is 25.1 Å². The van der Waals surface area contributed by atoms with Crippen LogP contribution >= 0.6 is 0 Å². The summed E-state index contributed by atoms with van der Waals surface area (Å²) in [6, 6.07) is 6.00. The molecule has 0 atom stereocenters. The molecule has 4 N–H and O–H groups in total. The third kappa shape index (κ3) is 3.57. The highest BCUT2D eigenvalue weighted by molar-refractivity contribution is 5.77. The number of benzene rings is 1. The van der Waals surface area contributed by atoms with E-state index in [4.69, 9.17) is 5.73 Å². The first-order chi connectivity index (χ1) is 9.70. The Labute approximate surface area is 117 Å². The van der Waals surface area contributed by atoms with Gasteiger partial charge in [0.05, 0.1) is 0 Å². The number of aromatic nitrogens is 2. The van der Waals surface area contributed by atoms with Crippen molar-refractivity contribution in [1.82, 2.24) is 9.97 Å². The summed E-state index contributed by atoms with van der Waals surface area (Å²) in [5, 5.41) is 6.22. The molecule has 1 aromatic heterocycles. The predicted molar refractivity (Wildman–Crippen MR) is 79.5 cm³/mol. The van der Waals surface area contributed by atoms with Gasteiger partial charge in [0.15, 0.2) is 11.6 Å². The number of unbranched alkanes of at least 4 members (excludes halogenated alkanes) is 1. The summed E-state index contributed by atoms with van der Waals surface area (Å²) in [7, 11) is 0. The lowest BCUT2D eigenvalue weighted by molar-refractivity contribution is 0.628. The fourth-order valence-corrected chi connectivity index (χ4v) is 1.69. The number of hydrogen-bond donors (Lipinski definition) is 3. The minimum atomic E-state index is -0.284. The van der Waals surface area contributed by atoms with Crippen LogP contribution < -0.4 is 16.4 Å². The van der Waals surface area contributed by atoms with Gasteiger partial charge in [-0.05, 0) is 30.7 Å². The fourth-order valence-electron chi connectivity index (χ4n) is 1.69. The molecule has 5 nitrogen and oxygen atoms in total. The molecule has 106 valence electrons. The molecule has 0 saturated carbocycles. The summed E-state index contributed by atoms with van der Waals surface area (Å²) >= 11 is 0. The normalized spacial score (nSPS) is 10.3. The molecule has 0 aliphatic rings. The van der Waals surface area contributed by atoms with Crippen molar-refractivity contribution in [2.24, 2.45) is 0 Å². The van der Waals surface area contributed by atoms with E-state index >= 15 is 0 Å². The van der Waals surface area contributed by atoms with Gasteiger partial charge in [0.25, 0.3) is 0 Å². The fraction of sp³-hybridized carbons (Fsp3) is 0.286. The maximum Gasteiger partial charge on any atom is 0.159 e. The molecule has 6 heteroatoms. The van der Waals surface area contributed by atoms with E-state index in [1.54, 1.807) is 12.1 Å². The van der Waals surface area contributed by atoms with Gasteiger partial charge in [-0.1, -0.05) is 13.3 Å². The van der Waals surface area contributed by atoms with Crippen molar-refractivity contribution in [1.29, 1.82) is 0 Å². The van der Waals surface area contributed by atoms with Crippen LogP contribution in [0.5, 0.6) is 0 Å². The van der Waals surface area contributed by atoms with Gasteiger partial charge >= 0.3 is 0 Å². The molecule has 1 heterocycles. The Kier molecular flexibility index (Phi) is 4.70. The Morgan fingerprint density at radius 3 is 2.55 bits per heavy atom. The topological polar surface area (TPSA) is 75.9 Å². The van der Waals surface area contributed by atoms with Crippen LogP contribution in [0.1, 0.15) is 19.8 Å². The predicted octanol–water partition coefficient (Wildman–Crippen LogP) is 3.15. The molecule has 2 rings (SSSR count). The Hall–Kier alpha value is -2.37. The van der Waals surface area contributed by atoms with Gasteiger partial charge in [0.1, 0.15) is 17.8 Å². The number of nitrogen functional groups attached to an aromatic ring is 1. The molecule has 0 fully saturated rings. The van der Waals surface area contributed by atoms with E-state index in [1.807, 2.05) is 0 Å². The molecule has 0 unspecified atom stereocenters. The van der Waals surface area contributed by atoms with Crippen LogP contribution in [0.3, 0.4) is 0 Å². The molecule has 1 aromatic carbocycles. The molecular formula is C14H18FN5. The third-order valence-electron chi connectivity index (χ3n) is 2.81. The SMILES string of the molecule is CCCCNc1ncnc(Nc2ccc(F)cc2)c1N. The van der Waals surface area contributed by atoms with E-state index in [2.05, 4.69) is 27.5 Å². The van der Waals surface area contributed by atoms with Crippen molar-refractivity contribution in [2.45, 2.75) is 19.8 Å². The number of rotatable bonds is 6. The smallest absolute Gasteiger partial charge is 0.159 e. The van der Waals surface area contributed by atoms with Gasteiger partial charge in [-0.25, -0.2) is 14.4 Å². The number of halogens is 1. The quantitative estimate of drug-likeness (QED) is 0.706. The third-order valence-corrected chi connectivity index (χ3v) is 2.81. The van der Waals surface area contributed by atoms with E-state index in [-0.39, 0.29) is 5.82 Å². The molecule has 20 heavy (non-hydrogen) atoms. The van der Waals surface area contributed by atoms with Crippen LogP contribution in [0.15, 0.2) is 30.6 Å². The Morgan fingerprint density at radius 1 is 1.15 bits per heavy atom. The van der Waals surface area contributed by atoms with Gasteiger partial charge in [0, 0.05) is 12.2 Å². The van der Waals surface area contributed by atoms with Crippen molar-refractivity contribution in [3.05, 3.63) is 36.4 Å². The van der Waals surface area contributed by atoms with Crippen LogP contribution in [0.2, 0.25) is 0 Å². The van der Waals surface area contributed by atoms with Gasteiger partial charge < -0.3 is 16.4 Å². The first kappa shape index (κ1) is 14.0. The van der Waals surface area contributed by atoms with Crippen molar-refractivity contribution in [2.75, 3.05) is 22.9 Å². The second-order valence-electron chi connectivity index (χ2n) is 4.40. The first-order valence-corrected chi connectivity index (χ1v) is 6.57. The number of nitrogens with two attached hydrogens (primary N) is 1. The highest BCUT2D eigenvalue weighted by Gasteiger charge is 2.07. The summed E-state index contributed by atoms with van der Waals surface area (Å²) < 4.78 is 12.9. The molecule has 0 saturated heterocycles. The highest BCUT2D eigenvalue weighted by atomic mass is 19.1. The monoisotopic (exact) mass is 275 g/mol. The second-order valence-corrected chi connectivity index (χ2v) is 4.40. The number of nitrogens with zero attached hydrogens (tertiary/aromatic N) is 2. The minimum Gasteiger partial charge on any atom is -0.393 e. The molecule has 0 spiro atoms. The van der Waals surface area contributed by atoms with E-state index in [1.165, 1.54) is 18.5 Å². The lowest BCUT2D eigenvalue weighted by Gasteiger charge is -2.12. The second kappa shape index (κ2) is 6.70. The summed E-state index contributed by atoms with van der Waals surface area (Å²) in [6.07, 6.45) is 3.58. The van der Waals surface area contributed by atoms with Gasteiger partial charge in [-0.2, -0.15) is 0 Å². The van der Waals surface area contributed by atoms with Crippen molar-refractivity contribution in [3.63, 3.8) is 0 Å². The zero-order valence-corrected chi connectivity index (χ0v) is 11.4. The molecule has 0 amide bonds. The zero-order chi connectivity index (χ0) is 14.4. The minimum absolute atomic E-state index is 0.284. The summed E-state index contributed by atoms with van der Waals surface area (Å²) in [5.74, 6) is 0.830. The maximum atomic E-state index is 12.9. The van der Waals surface area contributed by atoms with E-state index < -0.39 is 0 Å². The van der Waals surface area contributed by atoms with Crippen LogP contribution in [-0.2, 0) is 0 Å². The summed E-state index contributed by atoms with van der Waals surface area (Å²) in [6.45, 7) is 2.93. The number of anilines is 4. The lowest BCUT2D eigenvalue weighted by atomic mass is 10.3. The summed E-state index contributed by atoms with van der Waals surface area (Å²) in [4.78, 5) is 8.22. The van der Waals surface area contributed by atoms with Crippen molar-refractivity contribution >= 4 is 23.0 Å². The van der Waals surface area contributed by atoms with Crippen LogP contribution in [-0.4, -0.2) is 16.5 Å². The standard InChI is InChI=1S/C14H18FN5/c1-2-3-8-17-13-12(16)14(19-9-18-13)20-11-6-4-10(15)5-7-11/h4-7,9H,2-3,8,16H2,1H3,(H2,17,18,19,20). The largest absolute Gasteiger partial charge is 0.393 e. The number of nitrogens with one attached hydrogen (secondary N) is 2. The zero-order valence-electron chi connectivity index (χ0n) is 11.4. The van der Waals surface area contributed by atoms with Crippen LogP contribution in [0, 0.1) is 5.82 Å². The van der Waals surface area contributed by atoms with Gasteiger partial charge in [-0.3, -0.25) is 0 Å². The molecular weight excluding hydrogens is 257 g/mol. The molecule has 2 aromatic rings. The average Bonchev–Trinajstić information content (AvgIpc) is 2.45. The highest BCUT2D eigenvalue weighted by Crippen LogP contribution is 2.25. The van der Waals surface area contributed by atoms with Gasteiger partial charge in [0.2, 0.25) is 0 Å². The Balaban J connectivity index is 2.11. The molecule has 0 aliphatic carbocycles. The van der Waals surface area contributed by atoms with Crippen LogP contribution in [0.4, 0.5) is 27.4 Å². The van der Waals surface area contributed by atoms with Crippen molar-refractivity contribution < 1.29 is 4.39 Å². The average molecular weight is 275 g/mol.